The SMILES string of the molecule is CCCCCCCCC=CCCCCCCCC(=O)O[C@H](COC=CCCCCCCCCCCCCCC)COP(=O)(O)OCC[N+](C)(C)C. The number of likely N-dealkylation sites (N-methyl/N-ethyl adjacent to an activating group) is 1. The first-order chi connectivity index (χ1) is 24.6. The van der Waals surface area contributed by atoms with E-state index in [2.05, 4.69) is 26.0 Å². The van der Waals surface area contributed by atoms with Gasteiger partial charge in [-0.2, -0.15) is 0 Å². The van der Waals surface area contributed by atoms with E-state index < -0.39 is 13.9 Å². The van der Waals surface area contributed by atoms with Crippen molar-refractivity contribution in [1.82, 2.24) is 0 Å². The Balaban J connectivity index is 4.32. The Hall–Kier alpha value is -1.18. The van der Waals surface area contributed by atoms with Gasteiger partial charge in [0, 0.05) is 6.42 Å². The topological polar surface area (TPSA) is 91.3 Å². The molecule has 51 heavy (non-hydrogen) atoms. The molecule has 0 rings (SSSR count). The second-order valence-electron chi connectivity index (χ2n) is 15.4. The largest absolute Gasteiger partial charge is 0.498 e. The lowest BCUT2D eigenvalue weighted by Gasteiger charge is -2.24. The summed E-state index contributed by atoms with van der Waals surface area (Å²) in [5.74, 6) is -0.343. The average molecular weight is 745 g/mol. The molecular formula is C42H83NO7P+. The summed E-state index contributed by atoms with van der Waals surface area (Å²) in [5.41, 5.74) is 0. The molecule has 0 aromatic carbocycles. The van der Waals surface area contributed by atoms with Crippen LogP contribution >= 0.6 is 7.82 Å². The van der Waals surface area contributed by atoms with E-state index in [1.807, 2.05) is 27.2 Å². The van der Waals surface area contributed by atoms with Crippen LogP contribution in [-0.2, 0) is 27.9 Å². The summed E-state index contributed by atoms with van der Waals surface area (Å²) < 4.78 is 34.7. The van der Waals surface area contributed by atoms with Crippen molar-refractivity contribution >= 4 is 13.8 Å². The zero-order chi connectivity index (χ0) is 37.7. The lowest BCUT2D eigenvalue weighted by atomic mass is 10.0. The maximum absolute atomic E-state index is 12.6. The number of allylic oxidation sites excluding steroid dienone is 3. The molecule has 0 heterocycles. The van der Waals surface area contributed by atoms with E-state index in [1.165, 1.54) is 122 Å². The van der Waals surface area contributed by atoms with Crippen LogP contribution in [0.15, 0.2) is 24.5 Å². The van der Waals surface area contributed by atoms with E-state index in [-0.39, 0.29) is 25.8 Å². The summed E-state index contributed by atoms with van der Waals surface area (Å²) >= 11 is 0. The molecule has 0 aromatic rings. The molecule has 0 fully saturated rings. The maximum atomic E-state index is 12.6. The van der Waals surface area contributed by atoms with Crippen LogP contribution in [0.4, 0.5) is 0 Å². The van der Waals surface area contributed by atoms with Crippen LogP contribution in [0.1, 0.15) is 187 Å². The first-order valence-corrected chi connectivity index (χ1v) is 22.6. The fourth-order valence-electron chi connectivity index (χ4n) is 5.75. The van der Waals surface area contributed by atoms with Crippen molar-refractivity contribution in [2.45, 2.75) is 193 Å². The molecule has 0 radical (unpaired) electrons. The van der Waals surface area contributed by atoms with Gasteiger partial charge in [0.25, 0.3) is 0 Å². The molecule has 302 valence electrons. The smallest absolute Gasteiger partial charge is 0.472 e. The molecular weight excluding hydrogens is 661 g/mol. The minimum Gasteiger partial charge on any atom is -0.498 e. The highest BCUT2D eigenvalue weighted by Gasteiger charge is 2.26. The molecule has 0 aliphatic carbocycles. The van der Waals surface area contributed by atoms with E-state index in [4.69, 9.17) is 18.5 Å². The van der Waals surface area contributed by atoms with Crippen LogP contribution in [-0.4, -0.2) is 69.0 Å². The van der Waals surface area contributed by atoms with Crippen molar-refractivity contribution in [2.24, 2.45) is 0 Å². The number of rotatable bonds is 39. The molecule has 0 aromatic heterocycles. The van der Waals surface area contributed by atoms with Gasteiger partial charge in [-0.25, -0.2) is 4.57 Å². The van der Waals surface area contributed by atoms with Crippen LogP contribution in [0, 0.1) is 0 Å². The van der Waals surface area contributed by atoms with Crippen LogP contribution < -0.4 is 0 Å². The maximum Gasteiger partial charge on any atom is 0.472 e. The van der Waals surface area contributed by atoms with Crippen molar-refractivity contribution in [2.75, 3.05) is 47.5 Å². The third kappa shape index (κ3) is 39.9. The molecule has 1 unspecified atom stereocenters. The molecule has 2 atom stereocenters. The molecule has 0 aliphatic heterocycles. The van der Waals surface area contributed by atoms with Crippen molar-refractivity contribution in [3.05, 3.63) is 24.5 Å². The zero-order valence-electron chi connectivity index (χ0n) is 34.1. The third-order valence-corrected chi connectivity index (χ3v) is 10.1. The number of nitrogens with zero attached hydrogens (tertiary/aromatic N) is 1. The Morgan fingerprint density at radius 1 is 0.608 bits per heavy atom. The highest BCUT2D eigenvalue weighted by molar-refractivity contribution is 7.47. The minimum atomic E-state index is -4.29. The molecule has 0 spiro atoms. The van der Waals surface area contributed by atoms with Gasteiger partial charge < -0.3 is 18.9 Å². The number of carbonyl (C=O) groups is 1. The van der Waals surface area contributed by atoms with Gasteiger partial charge in [-0.3, -0.25) is 13.8 Å². The highest BCUT2D eigenvalue weighted by Crippen LogP contribution is 2.43. The summed E-state index contributed by atoms with van der Waals surface area (Å²) in [6, 6.07) is 0. The average Bonchev–Trinajstić information content (AvgIpc) is 3.08. The van der Waals surface area contributed by atoms with E-state index in [1.54, 1.807) is 6.26 Å². The minimum absolute atomic E-state index is 0.0476. The van der Waals surface area contributed by atoms with Crippen molar-refractivity contribution < 1.29 is 37.3 Å². The number of esters is 1. The van der Waals surface area contributed by atoms with Crippen molar-refractivity contribution in [3.8, 4) is 0 Å². The third-order valence-electron chi connectivity index (χ3n) is 9.08. The van der Waals surface area contributed by atoms with Gasteiger partial charge in [-0.15, -0.1) is 0 Å². The Morgan fingerprint density at radius 3 is 1.51 bits per heavy atom. The first-order valence-electron chi connectivity index (χ1n) is 21.1. The fraction of sp³-hybridized carbons (Fsp3) is 0.881. The molecule has 8 nitrogen and oxygen atoms in total. The van der Waals surface area contributed by atoms with Gasteiger partial charge in [-0.05, 0) is 51.0 Å². The van der Waals surface area contributed by atoms with E-state index in [0.717, 1.165) is 44.9 Å². The van der Waals surface area contributed by atoms with Gasteiger partial charge in [0.1, 0.15) is 19.8 Å². The number of carbonyl (C=O) groups excluding carboxylic acids is 1. The predicted molar refractivity (Wildman–Crippen MR) is 215 cm³/mol. The monoisotopic (exact) mass is 745 g/mol. The Morgan fingerprint density at radius 2 is 1.04 bits per heavy atom. The Kier molecular flexibility index (Phi) is 35.0. The second-order valence-corrected chi connectivity index (χ2v) is 16.9. The van der Waals surface area contributed by atoms with Crippen LogP contribution in [0.2, 0.25) is 0 Å². The fourth-order valence-corrected chi connectivity index (χ4v) is 6.49. The summed E-state index contributed by atoms with van der Waals surface area (Å²) in [6.45, 7) is 4.92. The number of phosphoric acid groups is 1. The zero-order valence-corrected chi connectivity index (χ0v) is 35.0. The normalized spacial score (nSPS) is 14.0. The molecule has 0 aliphatic rings. The highest BCUT2D eigenvalue weighted by atomic mass is 31.2. The standard InChI is InChI=1S/C42H82NO7P/c1-6-8-10-12-14-16-18-20-22-23-25-27-29-31-33-35-42(44)50-41(40-49-51(45,46)48-38-36-43(3,4)5)39-47-37-34-32-30-28-26-24-21-19-17-15-13-11-9-7-2/h20,22,34,37,41H,6-19,21,23-33,35-36,38-40H2,1-5H3/p+1/t41-/m1/s1. The van der Waals surface area contributed by atoms with Crippen LogP contribution in [0.3, 0.4) is 0 Å². The van der Waals surface area contributed by atoms with Gasteiger partial charge in [0.05, 0.1) is 34.0 Å². The lowest BCUT2D eigenvalue weighted by Crippen LogP contribution is -2.37. The van der Waals surface area contributed by atoms with E-state index in [0.29, 0.717) is 17.4 Å². The number of quaternary nitrogens is 1. The number of phosphoric ester groups is 1. The molecule has 0 amide bonds. The summed E-state index contributed by atoms with van der Waals surface area (Å²) in [5, 5.41) is 0. The van der Waals surface area contributed by atoms with Gasteiger partial charge in [0.15, 0.2) is 6.10 Å². The van der Waals surface area contributed by atoms with Gasteiger partial charge >= 0.3 is 13.8 Å². The van der Waals surface area contributed by atoms with Gasteiger partial charge in [0.2, 0.25) is 0 Å². The number of hydrogen-bond donors (Lipinski definition) is 1. The Bertz CT molecular complexity index is 874. The predicted octanol–water partition coefficient (Wildman–Crippen LogP) is 12.4. The van der Waals surface area contributed by atoms with E-state index >= 15 is 0 Å². The second kappa shape index (κ2) is 35.8. The molecule has 0 saturated carbocycles. The van der Waals surface area contributed by atoms with Crippen molar-refractivity contribution in [3.63, 3.8) is 0 Å². The summed E-state index contributed by atoms with van der Waals surface area (Å²) in [4.78, 5) is 22.8. The first kappa shape index (κ1) is 49.8. The van der Waals surface area contributed by atoms with Crippen LogP contribution in [0.25, 0.3) is 0 Å². The summed E-state index contributed by atoms with van der Waals surface area (Å²) in [7, 11) is 1.63. The quantitative estimate of drug-likeness (QED) is 0.0167. The molecule has 1 N–H and O–H groups in total. The van der Waals surface area contributed by atoms with Crippen LogP contribution in [0.5, 0.6) is 0 Å². The molecule has 9 heteroatoms. The summed E-state index contributed by atoms with van der Waals surface area (Å²) in [6.07, 6.45) is 40.1. The van der Waals surface area contributed by atoms with E-state index in [9.17, 15) is 14.3 Å². The molecule has 0 saturated heterocycles. The number of hydrogen-bond acceptors (Lipinski definition) is 6. The number of unbranched alkanes of at least 4 members (excludes halogenated alkanes) is 23. The Labute approximate surface area is 315 Å². The van der Waals surface area contributed by atoms with Crippen molar-refractivity contribution in [1.29, 1.82) is 0 Å². The molecule has 0 bridgehead atoms. The van der Waals surface area contributed by atoms with Gasteiger partial charge in [-0.1, -0.05) is 148 Å². The lowest BCUT2D eigenvalue weighted by molar-refractivity contribution is -0.870. The number of ether oxygens (including phenoxy) is 2.